The molecule has 0 aliphatic heterocycles. The van der Waals surface area contributed by atoms with Crippen LogP contribution in [0.25, 0.3) is 10.9 Å². The smallest absolute Gasteiger partial charge is 0.270 e. The van der Waals surface area contributed by atoms with Crippen molar-refractivity contribution in [2.75, 3.05) is 25.6 Å². The number of aromatic nitrogens is 2. The number of hydrogen-bond acceptors (Lipinski definition) is 6. The van der Waals surface area contributed by atoms with Crippen LogP contribution in [-0.2, 0) is 4.74 Å². The lowest BCUT2D eigenvalue weighted by Gasteiger charge is -2.07. The molecule has 94 valence electrons. The number of nitrogens with zero attached hydrogens (tertiary/aromatic N) is 3. The van der Waals surface area contributed by atoms with Crippen molar-refractivity contribution in [1.29, 1.82) is 0 Å². The quantitative estimate of drug-likeness (QED) is 0.491. The number of ether oxygens (including phenoxy) is 1. The van der Waals surface area contributed by atoms with Crippen molar-refractivity contribution < 1.29 is 9.66 Å². The van der Waals surface area contributed by atoms with Gasteiger partial charge in [-0.3, -0.25) is 10.1 Å². The molecular formula is C11H12N4O3. The maximum absolute atomic E-state index is 10.7. The lowest BCUT2D eigenvalue weighted by Crippen LogP contribution is -2.09. The van der Waals surface area contributed by atoms with Gasteiger partial charge in [0.2, 0.25) is 0 Å². The first kappa shape index (κ1) is 12.2. The van der Waals surface area contributed by atoms with Gasteiger partial charge in [-0.15, -0.1) is 0 Å². The molecule has 1 aromatic carbocycles. The van der Waals surface area contributed by atoms with Gasteiger partial charge in [0.05, 0.1) is 17.0 Å². The molecule has 7 nitrogen and oxygen atoms in total. The van der Waals surface area contributed by atoms with E-state index in [-0.39, 0.29) is 5.69 Å². The lowest BCUT2D eigenvalue weighted by atomic mass is 10.2. The first-order chi connectivity index (χ1) is 8.72. The third-order valence-corrected chi connectivity index (χ3v) is 2.43. The van der Waals surface area contributed by atoms with Crippen LogP contribution in [-0.4, -0.2) is 35.2 Å². The second-order valence-electron chi connectivity index (χ2n) is 3.60. The number of fused-ring (bicyclic) bond motifs is 1. The van der Waals surface area contributed by atoms with E-state index in [1.807, 2.05) is 0 Å². The third-order valence-electron chi connectivity index (χ3n) is 2.43. The lowest BCUT2D eigenvalue weighted by molar-refractivity contribution is -0.384. The first-order valence-corrected chi connectivity index (χ1v) is 5.34. The van der Waals surface area contributed by atoms with Gasteiger partial charge in [-0.2, -0.15) is 0 Å². The first-order valence-electron chi connectivity index (χ1n) is 5.34. The van der Waals surface area contributed by atoms with Gasteiger partial charge in [0.15, 0.2) is 0 Å². The minimum atomic E-state index is -0.439. The van der Waals surface area contributed by atoms with E-state index in [0.717, 1.165) is 0 Å². The highest BCUT2D eigenvalue weighted by molar-refractivity contribution is 5.90. The van der Waals surface area contributed by atoms with E-state index >= 15 is 0 Å². The highest BCUT2D eigenvalue weighted by atomic mass is 16.6. The summed E-state index contributed by atoms with van der Waals surface area (Å²) < 4.78 is 4.92. The van der Waals surface area contributed by atoms with Crippen molar-refractivity contribution in [3.8, 4) is 0 Å². The van der Waals surface area contributed by atoms with Gasteiger partial charge in [0.1, 0.15) is 12.1 Å². The predicted molar refractivity (Wildman–Crippen MR) is 66.6 cm³/mol. The van der Waals surface area contributed by atoms with Crippen molar-refractivity contribution in [1.82, 2.24) is 9.97 Å². The van der Waals surface area contributed by atoms with Gasteiger partial charge in [-0.1, -0.05) is 0 Å². The Bertz CT molecular complexity index is 573. The largest absolute Gasteiger partial charge is 0.383 e. The minimum Gasteiger partial charge on any atom is -0.383 e. The van der Waals surface area contributed by atoms with Crippen LogP contribution in [0, 0.1) is 10.1 Å². The number of non-ortho nitro benzene ring substituents is 1. The van der Waals surface area contributed by atoms with Gasteiger partial charge in [0, 0.05) is 31.2 Å². The molecule has 0 amide bonds. The molecule has 2 rings (SSSR count). The van der Waals surface area contributed by atoms with Crippen molar-refractivity contribution in [3.05, 3.63) is 34.6 Å². The fraction of sp³-hybridized carbons (Fsp3) is 0.273. The SMILES string of the molecule is COCCNc1ncnc2ccc([N+](=O)[O-])cc12. The topological polar surface area (TPSA) is 90.2 Å². The van der Waals surface area contributed by atoms with Crippen molar-refractivity contribution in [2.45, 2.75) is 0 Å². The molecule has 0 fully saturated rings. The summed E-state index contributed by atoms with van der Waals surface area (Å²) in [5.41, 5.74) is 0.683. The summed E-state index contributed by atoms with van der Waals surface area (Å²) in [4.78, 5) is 18.4. The Morgan fingerprint density at radius 3 is 3.00 bits per heavy atom. The summed E-state index contributed by atoms with van der Waals surface area (Å²) in [6.45, 7) is 1.10. The van der Waals surface area contributed by atoms with E-state index < -0.39 is 4.92 Å². The van der Waals surface area contributed by atoms with E-state index in [9.17, 15) is 10.1 Å². The molecule has 18 heavy (non-hydrogen) atoms. The Balaban J connectivity index is 2.39. The summed E-state index contributed by atoms with van der Waals surface area (Å²) in [6, 6.07) is 4.50. The molecule has 0 aliphatic rings. The second kappa shape index (κ2) is 5.37. The molecule has 0 saturated heterocycles. The van der Waals surface area contributed by atoms with E-state index in [0.29, 0.717) is 29.9 Å². The number of methoxy groups -OCH3 is 1. The zero-order valence-corrected chi connectivity index (χ0v) is 9.79. The molecule has 0 spiro atoms. The molecule has 0 saturated carbocycles. The van der Waals surface area contributed by atoms with E-state index in [2.05, 4.69) is 15.3 Å². The Hall–Kier alpha value is -2.28. The molecule has 0 radical (unpaired) electrons. The van der Waals surface area contributed by atoms with Crippen molar-refractivity contribution >= 4 is 22.4 Å². The number of nitrogens with one attached hydrogen (secondary N) is 1. The van der Waals surface area contributed by atoms with Crippen molar-refractivity contribution in [2.24, 2.45) is 0 Å². The Morgan fingerprint density at radius 1 is 1.44 bits per heavy atom. The Labute approximate surface area is 103 Å². The van der Waals surface area contributed by atoms with E-state index in [1.54, 1.807) is 13.2 Å². The molecule has 1 aromatic heterocycles. The summed E-state index contributed by atoms with van der Waals surface area (Å²) >= 11 is 0. The van der Waals surface area contributed by atoms with Gasteiger partial charge < -0.3 is 10.1 Å². The van der Waals surface area contributed by atoms with E-state index in [4.69, 9.17) is 4.74 Å². The van der Waals surface area contributed by atoms with Crippen LogP contribution in [0.3, 0.4) is 0 Å². The van der Waals surface area contributed by atoms with Crippen LogP contribution in [0.2, 0.25) is 0 Å². The molecule has 0 aliphatic carbocycles. The number of anilines is 1. The molecule has 0 atom stereocenters. The number of nitro groups is 1. The van der Waals surface area contributed by atoms with Crippen LogP contribution in [0.15, 0.2) is 24.5 Å². The molecule has 7 heteroatoms. The fourth-order valence-corrected chi connectivity index (χ4v) is 1.57. The van der Waals surface area contributed by atoms with Crippen LogP contribution in [0.5, 0.6) is 0 Å². The Morgan fingerprint density at radius 2 is 2.28 bits per heavy atom. The van der Waals surface area contributed by atoms with Gasteiger partial charge in [-0.05, 0) is 6.07 Å². The highest BCUT2D eigenvalue weighted by Crippen LogP contribution is 2.23. The number of benzene rings is 1. The molecule has 0 unspecified atom stereocenters. The molecule has 2 aromatic rings. The van der Waals surface area contributed by atoms with Crippen LogP contribution >= 0.6 is 0 Å². The zero-order chi connectivity index (χ0) is 13.0. The maximum atomic E-state index is 10.7. The van der Waals surface area contributed by atoms with Crippen LogP contribution in [0.1, 0.15) is 0 Å². The zero-order valence-electron chi connectivity index (χ0n) is 9.79. The summed E-state index contributed by atoms with van der Waals surface area (Å²) in [6.07, 6.45) is 1.42. The average molecular weight is 248 g/mol. The maximum Gasteiger partial charge on any atom is 0.270 e. The minimum absolute atomic E-state index is 0.0205. The molecule has 1 N–H and O–H groups in total. The third kappa shape index (κ3) is 2.51. The number of hydrogen-bond donors (Lipinski definition) is 1. The summed E-state index contributed by atoms with van der Waals surface area (Å²) in [5, 5.41) is 14.4. The summed E-state index contributed by atoms with van der Waals surface area (Å²) in [5.74, 6) is 0.570. The fourth-order valence-electron chi connectivity index (χ4n) is 1.57. The second-order valence-corrected chi connectivity index (χ2v) is 3.60. The predicted octanol–water partition coefficient (Wildman–Crippen LogP) is 1.60. The highest BCUT2D eigenvalue weighted by Gasteiger charge is 2.10. The van der Waals surface area contributed by atoms with E-state index in [1.165, 1.54) is 18.5 Å². The monoisotopic (exact) mass is 248 g/mol. The van der Waals surface area contributed by atoms with Gasteiger partial charge >= 0.3 is 0 Å². The van der Waals surface area contributed by atoms with Crippen molar-refractivity contribution in [3.63, 3.8) is 0 Å². The number of nitro benzene ring substituents is 1. The molecular weight excluding hydrogens is 236 g/mol. The molecule has 0 bridgehead atoms. The number of rotatable bonds is 5. The average Bonchev–Trinajstić information content (AvgIpc) is 2.38. The van der Waals surface area contributed by atoms with Gasteiger partial charge in [-0.25, -0.2) is 9.97 Å². The molecule has 1 heterocycles. The van der Waals surface area contributed by atoms with Crippen LogP contribution < -0.4 is 5.32 Å². The van der Waals surface area contributed by atoms with Gasteiger partial charge in [0.25, 0.3) is 5.69 Å². The Kier molecular flexibility index (Phi) is 3.63. The summed E-state index contributed by atoms with van der Waals surface area (Å²) in [7, 11) is 1.60. The van der Waals surface area contributed by atoms with Crippen LogP contribution in [0.4, 0.5) is 11.5 Å². The standard InChI is InChI=1S/C11H12N4O3/c1-18-5-4-12-11-9-6-8(15(16)17)2-3-10(9)13-7-14-11/h2-3,6-7H,4-5H2,1H3,(H,12,13,14). The normalized spacial score (nSPS) is 10.5.